The number of ketones is 1. The van der Waals surface area contributed by atoms with Crippen LogP contribution in [0.3, 0.4) is 0 Å². The molecule has 0 aliphatic heterocycles. The lowest BCUT2D eigenvalue weighted by molar-refractivity contribution is -0.121. The Morgan fingerprint density at radius 1 is 1.07 bits per heavy atom. The van der Waals surface area contributed by atoms with E-state index < -0.39 is 0 Å². The SMILES string of the molecule is CCC(=O)CCCCCC(CNC1CCCC1)NC(=O)Cc1ccccc1. The van der Waals surface area contributed by atoms with Gasteiger partial charge in [-0.1, -0.05) is 62.9 Å². The fourth-order valence-electron chi connectivity index (χ4n) is 3.79. The molecule has 1 saturated carbocycles. The van der Waals surface area contributed by atoms with E-state index in [2.05, 4.69) is 10.6 Å². The summed E-state index contributed by atoms with van der Waals surface area (Å²) in [5, 5.41) is 6.88. The van der Waals surface area contributed by atoms with Gasteiger partial charge < -0.3 is 10.6 Å². The monoisotopic (exact) mass is 372 g/mol. The van der Waals surface area contributed by atoms with Gasteiger partial charge in [-0.3, -0.25) is 9.59 Å². The van der Waals surface area contributed by atoms with Gasteiger partial charge in [0, 0.05) is 31.5 Å². The largest absolute Gasteiger partial charge is 0.352 e. The fraction of sp³-hybridized carbons (Fsp3) is 0.652. The summed E-state index contributed by atoms with van der Waals surface area (Å²) in [6.45, 7) is 2.77. The highest BCUT2D eigenvalue weighted by Gasteiger charge is 2.18. The molecule has 1 fully saturated rings. The first kappa shape index (κ1) is 21.6. The molecule has 4 nitrogen and oxygen atoms in total. The van der Waals surface area contributed by atoms with Crippen LogP contribution in [0.25, 0.3) is 0 Å². The van der Waals surface area contributed by atoms with E-state index in [1.54, 1.807) is 0 Å². The molecule has 1 aromatic carbocycles. The molecular formula is C23H36N2O2. The van der Waals surface area contributed by atoms with E-state index in [0.29, 0.717) is 31.1 Å². The molecule has 1 unspecified atom stereocenters. The molecule has 27 heavy (non-hydrogen) atoms. The van der Waals surface area contributed by atoms with Crippen molar-refractivity contribution >= 4 is 11.7 Å². The van der Waals surface area contributed by atoms with Crippen molar-refractivity contribution in [3.63, 3.8) is 0 Å². The number of nitrogens with one attached hydrogen (secondary N) is 2. The zero-order valence-corrected chi connectivity index (χ0v) is 16.8. The molecule has 1 aliphatic carbocycles. The Morgan fingerprint density at radius 2 is 1.81 bits per heavy atom. The van der Waals surface area contributed by atoms with Crippen molar-refractivity contribution in [2.24, 2.45) is 0 Å². The number of unbranched alkanes of at least 4 members (excludes halogenated alkanes) is 2. The van der Waals surface area contributed by atoms with Gasteiger partial charge in [-0.25, -0.2) is 0 Å². The zero-order valence-electron chi connectivity index (χ0n) is 16.8. The first-order chi connectivity index (χ1) is 13.2. The molecule has 0 spiro atoms. The highest BCUT2D eigenvalue weighted by molar-refractivity contribution is 5.79. The third-order valence-electron chi connectivity index (χ3n) is 5.48. The number of hydrogen-bond donors (Lipinski definition) is 2. The zero-order chi connectivity index (χ0) is 19.3. The topological polar surface area (TPSA) is 58.2 Å². The highest BCUT2D eigenvalue weighted by atomic mass is 16.1. The van der Waals surface area contributed by atoms with Gasteiger partial charge >= 0.3 is 0 Å². The van der Waals surface area contributed by atoms with E-state index in [-0.39, 0.29) is 11.9 Å². The number of carbonyl (C=O) groups excluding carboxylic acids is 2. The van der Waals surface area contributed by atoms with Crippen molar-refractivity contribution in [1.82, 2.24) is 10.6 Å². The quantitative estimate of drug-likeness (QED) is 0.511. The predicted octanol–water partition coefficient (Wildman–Crippen LogP) is 4.18. The summed E-state index contributed by atoms with van der Waals surface area (Å²) in [5.74, 6) is 0.450. The van der Waals surface area contributed by atoms with E-state index in [1.807, 2.05) is 37.3 Å². The van der Waals surface area contributed by atoms with Crippen LogP contribution in [0.15, 0.2) is 30.3 Å². The van der Waals surface area contributed by atoms with Gasteiger partial charge in [0.15, 0.2) is 0 Å². The van der Waals surface area contributed by atoms with Crippen LogP contribution < -0.4 is 10.6 Å². The molecule has 2 rings (SSSR count). The summed E-state index contributed by atoms with van der Waals surface area (Å²) in [7, 11) is 0. The smallest absolute Gasteiger partial charge is 0.224 e. The van der Waals surface area contributed by atoms with Gasteiger partial charge in [0.2, 0.25) is 5.91 Å². The van der Waals surface area contributed by atoms with Crippen molar-refractivity contribution in [3.8, 4) is 0 Å². The molecule has 2 N–H and O–H groups in total. The van der Waals surface area contributed by atoms with E-state index in [1.165, 1.54) is 25.7 Å². The number of rotatable bonds is 13. The second-order valence-corrected chi connectivity index (χ2v) is 7.81. The average molecular weight is 373 g/mol. The minimum Gasteiger partial charge on any atom is -0.352 e. The maximum Gasteiger partial charge on any atom is 0.224 e. The first-order valence-corrected chi connectivity index (χ1v) is 10.8. The van der Waals surface area contributed by atoms with Crippen LogP contribution in [-0.2, 0) is 16.0 Å². The third-order valence-corrected chi connectivity index (χ3v) is 5.48. The van der Waals surface area contributed by atoms with E-state index >= 15 is 0 Å². The lowest BCUT2D eigenvalue weighted by Gasteiger charge is -2.22. The van der Waals surface area contributed by atoms with E-state index in [0.717, 1.165) is 37.8 Å². The van der Waals surface area contributed by atoms with Crippen LogP contribution in [0.4, 0.5) is 0 Å². The van der Waals surface area contributed by atoms with Crippen LogP contribution in [0.5, 0.6) is 0 Å². The van der Waals surface area contributed by atoms with Gasteiger partial charge in [-0.05, 0) is 31.2 Å². The normalized spacial score (nSPS) is 15.6. The summed E-state index contributed by atoms with van der Waals surface area (Å²) in [6.07, 6.45) is 11.0. The first-order valence-electron chi connectivity index (χ1n) is 10.8. The Hall–Kier alpha value is -1.68. The molecule has 150 valence electrons. The fourth-order valence-corrected chi connectivity index (χ4v) is 3.79. The number of Topliss-reactive ketones (excluding diaryl/α,β-unsaturated/α-hetero) is 1. The minimum atomic E-state index is 0.0978. The summed E-state index contributed by atoms with van der Waals surface area (Å²) < 4.78 is 0. The molecule has 1 amide bonds. The Labute approximate surface area is 164 Å². The number of hydrogen-bond acceptors (Lipinski definition) is 3. The molecule has 1 aliphatic rings. The third kappa shape index (κ3) is 9.18. The molecule has 0 saturated heterocycles. The standard InChI is InChI=1S/C23H36N2O2/c1-2-22(26)16-8-4-7-15-21(18-24-20-13-9-10-14-20)25-23(27)17-19-11-5-3-6-12-19/h3,5-6,11-12,20-21,24H,2,4,7-10,13-18H2,1H3,(H,25,27). The highest BCUT2D eigenvalue weighted by Crippen LogP contribution is 2.17. The van der Waals surface area contributed by atoms with Gasteiger partial charge in [-0.15, -0.1) is 0 Å². The minimum absolute atomic E-state index is 0.0978. The molecule has 1 aromatic rings. The second-order valence-electron chi connectivity index (χ2n) is 7.81. The van der Waals surface area contributed by atoms with E-state index in [4.69, 9.17) is 0 Å². The Balaban J connectivity index is 1.75. The van der Waals surface area contributed by atoms with Crippen LogP contribution >= 0.6 is 0 Å². The van der Waals surface area contributed by atoms with Crippen molar-refractivity contribution in [2.45, 2.75) is 89.6 Å². The molecule has 1 atom stereocenters. The lowest BCUT2D eigenvalue weighted by Crippen LogP contribution is -2.44. The van der Waals surface area contributed by atoms with Crippen molar-refractivity contribution in [1.29, 1.82) is 0 Å². The van der Waals surface area contributed by atoms with Crippen LogP contribution in [0.2, 0.25) is 0 Å². The molecular weight excluding hydrogens is 336 g/mol. The molecule has 0 bridgehead atoms. The van der Waals surface area contributed by atoms with Crippen LogP contribution in [0.1, 0.15) is 76.7 Å². The maximum absolute atomic E-state index is 12.5. The Morgan fingerprint density at radius 3 is 2.52 bits per heavy atom. The molecule has 0 aromatic heterocycles. The summed E-state index contributed by atoms with van der Waals surface area (Å²) >= 11 is 0. The second kappa shape index (κ2) is 12.7. The summed E-state index contributed by atoms with van der Waals surface area (Å²) in [5.41, 5.74) is 1.05. The Bertz CT molecular complexity index is 553. The molecule has 4 heteroatoms. The van der Waals surface area contributed by atoms with E-state index in [9.17, 15) is 9.59 Å². The van der Waals surface area contributed by atoms with Crippen LogP contribution in [-0.4, -0.2) is 30.3 Å². The molecule has 0 heterocycles. The number of amides is 1. The van der Waals surface area contributed by atoms with Gasteiger partial charge in [0.25, 0.3) is 0 Å². The predicted molar refractivity (Wildman–Crippen MR) is 111 cm³/mol. The lowest BCUT2D eigenvalue weighted by atomic mass is 10.0. The van der Waals surface area contributed by atoms with Gasteiger partial charge in [0.05, 0.1) is 6.42 Å². The average Bonchev–Trinajstić information content (AvgIpc) is 3.19. The van der Waals surface area contributed by atoms with Crippen molar-refractivity contribution in [2.75, 3.05) is 6.54 Å². The maximum atomic E-state index is 12.5. The van der Waals surface area contributed by atoms with Crippen molar-refractivity contribution < 1.29 is 9.59 Å². The number of carbonyl (C=O) groups is 2. The summed E-state index contributed by atoms with van der Waals surface area (Å²) in [4.78, 5) is 23.9. The Kier molecular flexibility index (Phi) is 10.1. The van der Waals surface area contributed by atoms with Gasteiger partial charge in [0.1, 0.15) is 5.78 Å². The van der Waals surface area contributed by atoms with Crippen molar-refractivity contribution in [3.05, 3.63) is 35.9 Å². The van der Waals surface area contributed by atoms with Crippen LogP contribution in [0, 0.1) is 0 Å². The number of benzene rings is 1. The molecule has 0 radical (unpaired) electrons. The van der Waals surface area contributed by atoms with Gasteiger partial charge in [-0.2, -0.15) is 0 Å². The summed E-state index contributed by atoms with van der Waals surface area (Å²) in [6, 6.07) is 10.7.